The number of benzene rings is 1. The number of aromatic nitrogens is 2. The molecule has 0 aliphatic carbocycles. The van der Waals surface area contributed by atoms with Crippen molar-refractivity contribution in [2.75, 3.05) is 18.9 Å². The largest absolute Gasteiger partial charge is 0.335 e. The van der Waals surface area contributed by atoms with Crippen molar-refractivity contribution in [2.24, 2.45) is 0 Å². The van der Waals surface area contributed by atoms with Gasteiger partial charge in [0, 0.05) is 25.1 Å². The Labute approximate surface area is 127 Å². The van der Waals surface area contributed by atoms with Gasteiger partial charge >= 0.3 is 0 Å². The number of carbonyl (C=O) groups is 2. The van der Waals surface area contributed by atoms with Crippen LogP contribution in [0.5, 0.6) is 0 Å². The molecule has 0 saturated carbocycles. The minimum absolute atomic E-state index is 0.124. The lowest BCUT2D eigenvalue weighted by Gasteiger charge is -2.21. The average Bonchev–Trinajstić information content (AvgIpc) is 2.99. The molecule has 0 spiro atoms. The van der Waals surface area contributed by atoms with Crippen LogP contribution in [0.25, 0.3) is 0 Å². The molecule has 6 nitrogen and oxygen atoms in total. The van der Waals surface area contributed by atoms with E-state index in [1.54, 1.807) is 31.5 Å². The van der Waals surface area contributed by atoms with Gasteiger partial charge in [0.15, 0.2) is 0 Å². The van der Waals surface area contributed by atoms with Crippen molar-refractivity contribution in [1.29, 1.82) is 0 Å². The molecule has 2 rings (SSSR count). The summed E-state index contributed by atoms with van der Waals surface area (Å²) >= 11 is 0. The Morgan fingerprint density at radius 2 is 2.18 bits per heavy atom. The highest BCUT2D eigenvalue weighted by atomic mass is 19.1. The lowest BCUT2D eigenvalue weighted by Crippen LogP contribution is -2.38. The summed E-state index contributed by atoms with van der Waals surface area (Å²) in [6.07, 6.45) is 3.27. The molecule has 1 N–H and O–H groups in total. The predicted molar refractivity (Wildman–Crippen MR) is 79.6 cm³/mol. The Morgan fingerprint density at radius 1 is 1.41 bits per heavy atom. The summed E-state index contributed by atoms with van der Waals surface area (Å²) in [5, 5.41) is 6.55. The quantitative estimate of drug-likeness (QED) is 0.914. The maximum absolute atomic E-state index is 13.0. The summed E-state index contributed by atoms with van der Waals surface area (Å²) in [5.74, 6) is -1.07. The van der Waals surface area contributed by atoms with Crippen LogP contribution in [-0.4, -0.2) is 40.1 Å². The van der Waals surface area contributed by atoms with E-state index >= 15 is 0 Å². The molecule has 0 fully saturated rings. The summed E-state index contributed by atoms with van der Waals surface area (Å²) in [7, 11) is 1.54. The van der Waals surface area contributed by atoms with Gasteiger partial charge in [0.2, 0.25) is 11.8 Å². The van der Waals surface area contributed by atoms with Gasteiger partial charge in [-0.3, -0.25) is 14.3 Å². The fourth-order valence-corrected chi connectivity index (χ4v) is 2.00. The topological polar surface area (TPSA) is 67.2 Å². The zero-order chi connectivity index (χ0) is 16.1. The number of amides is 2. The minimum atomic E-state index is -0.498. The summed E-state index contributed by atoms with van der Waals surface area (Å²) < 4.78 is 14.6. The Morgan fingerprint density at radius 3 is 2.82 bits per heavy atom. The Bertz CT molecular complexity index is 657. The molecule has 0 bridgehead atoms. The first kappa shape index (κ1) is 15.7. The van der Waals surface area contributed by atoms with Crippen molar-refractivity contribution < 1.29 is 14.0 Å². The summed E-state index contributed by atoms with van der Waals surface area (Å²) in [5.41, 5.74) is 0.353. The summed E-state index contributed by atoms with van der Waals surface area (Å²) in [4.78, 5) is 25.4. The van der Waals surface area contributed by atoms with E-state index in [9.17, 15) is 14.0 Å². The smallest absolute Gasteiger partial charge is 0.247 e. The molecular weight excluding hydrogens is 287 g/mol. The van der Waals surface area contributed by atoms with Gasteiger partial charge in [0.1, 0.15) is 11.9 Å². The second-order valence-electron chi connectivity index (χ2n) is 4.91. The molecule has 0 unspecified atom stereocenters. The van der Waals surface area contributed by atoms with E-state index < -0.39 is 17.8 Å². The van der Waals surface area contributed by atoms with Gasteiger partial charge in [-0.25, -0.2) is 4.39 Å². The first-order chi connectivity index (χ1) is 10.5. The second kappa shape index (κ2) is 6.84. The van der Waals surface area contributed by atoms with Gasteiger partial charge in [0.25, 0.3) is 0 Å². The number of nitrogens with one attached hydrogen (secondary N) is 1. The first-order valence-corrected chi connectivity index (χ1v) is 6.77. The zero-order valence-corrected chi connectivity index (χ0v) is 12.4. The minimum Gasteiger partial charge on any atom is -0.335 e. The number of nitrogens with zero attached hydrogens (tertiary/aromatic N) is 3. The molecule has 1 aromatic heterocycles. The number of likely N-dealkylation sites (N-methyl/N-ethyl adjacent to an activating group) is 1. The van der Waals surface area contributed by atoms with E-state index in [2.05, 4.69) is 10.4 Å². The lowest BCUT2D eigenvalue weighted by molar-refractivity contribution is -0.136. The molecule has 22 heavy (non-hydrogen) atoms. The van der Waals surface area contributed by atoms with Crippen LogP contribution in [0, 0.1) is 5.82 Å². The molecular formula is C15H17FN4O2. The van der Waals surface area contributed by atoms with Gasteiger partial charge in [-0.15, -0.1) is 0 Å². The Kier molecular flexibility index (Phi) is 4.88. The molecule has 116 valence electrons. The van der Waals surface area contributed by atoms with Crippen molar-refractivity contribution in [3.63, 3.8) is 0 Å². The van der Waals surface area contributed by atoms with Crippen molar-refractivity contribution >= 4 is 17.5 Å². The highest BCUT2D eigenvalue weighted by Crippen LogP contribution is 2.10. The highest BCUT2D eigenvalue weighted by molar-refractivity contribution is 5.94. The van der Waals surface area contributed by atoms with Gasteiger partial charge in [-0.1, -0.05) is 6.07 Å². The Hall–Kier alpha value is -2.70. The van der Waals surface area contributed by atoms with Crippen LogP contribution < -0.4 is 5.32 Å². The van der Waals surface area contributed by atoms with Gasteiger partial charge < -0.3 is 10.2 Å². The molecule has 2 amide bonds. The van der Waals surface area contributed by atoms with E-state index in [0.717, 1.165) is 0 Å². The highest BCUT2D eigenvalue weighted by Gasteiger charge is 2.21. The van der Waals surface area contributed by atoms with Gasteiger partial charge in [0.05, 0.1) is 6.54 Å². The van der Waals surface area contributed by atoms with Crippen LogP contribution in [-0.2, 0) is 9.59 Å². The fraction of sp³-hybridized carbons (Fsp3) is 0.267. The molecule has 1 atom stereocenters. The summed E-state index contributed by atoms with van der Waals surface area (Å²) in [6.45, 7) is 1.58. The van der Waals surface area contributed by atoms with E-state index in [0.29, 0.717) is 5.69 Å². The molecule has 7 heteroatoms. The zero-order valence-electron chi connectivity index (χ0n) is 12.4. The van der Waals surface area contributed by atoms with Gasteiger partial charge in [-0.05, 0) is 31.2 Å². The second-order valence-corrected chi connectivity index (χ2v) is 4.91. The SMILES string of the molecule is C[C@H](C(=O)N(C)CC(=O)Nc1cccc(F)c1)n1cccn1. The number of halogens is 1. The molecule has 2 aromatic rings. The molecule has 1 aromatic carbocycles. The fourth-order valence-electron chi connectivity index (χ4n) is 2.00. The van der Waals surface area contributed by atoms with Crippen LogP contribution in [0.1, 0.15) is 13.0 Å². The van der Waals surface area contributed by atoms with Gasteiger partial charge in [-0.2, -0.15) is 5.10 Å². The van der Waals surface area contributed by atoms with Crippen molar-refractivity contribution in [3.8, 4) is 0 Å². The van der Waals surface area contributed by atoms with Crippen LogP contribution in [0.4, 0.5) is 10.1 Å². The maximum atomic E-state index is 13.0. The molecule has 0 saturated heterocycles. The molecule has 0 aliphatic rings. The van der Waals surface area contributed by atoms with Crippen LogP contribution in [0.3, 0.4) is 0 Å². The summed E-state index contributed by atoms with van der Waals surface area (Å²) in [6, 6.07) is 6.81. The number of hydrogen-bond donors (Lipinski definition) is 1. The van der Waals surface area contributed by atoms with E-state index in [1.807, 2.05) is 0 Å². The van der Waals surface area contributed by atoms with Crippen LogP contribution >= 0.6 is 0 Å². The van der Waals surface area contributed by atoms with E-state index in [-0.39, 0.29) is 12.5 Å². The third kappa shape index (κ3) is 3.91. The average molecular weight is 304 g/mol. The molecule has 0 aliphatic heterocycles. The number of anilines is 1. The third-order valence-corrected chi connectivity index (χ3v) is 3.14. The number of rotatable bonds is 5. The van der Waals surface area contributed by atoms with E-state index in [4.69, 9.17) is 0 Å². The normalized spacial score (nSPS) is 11.8. The number of hydrogen-bond acceptors (Lipinski definition) is 3. The lowest BCUT2D eigenvalue weighted by atomic mass is 10.3. The molecule has 1 heterocycles. The third-order valence-electron chi connectivity index (χ3n) is 3.14. The van der Waals surface area contributed by atoms with Crippen LogP contribution in [0.2, 0.25) is 0 Å². The van der Waals surface area contributed by atoms with E-state index in [1.165, 1.54) is 34.8 Å². The maximum Gasteiger partial charge on any atom is 0.247 e. The Balaban J connectivity index is 1.92. The number of carbonyl (C=O) groups excluding carboxylic acids is 2. The molecule has 0 radical (unpaired) electrons. The predicted octanol–water partition coefficient (Wildman–Crippen LogP) is 1.68. The van der Waals surface area contributed by atoms with Crippen molar-refractivity contribution in [1.82, 2.24) is 14.7 Å². The first-order valence-electron chi connectivity index (χ1n) is 6.77. The van der Waals surface area contributed by atoms with Crippen molar-refractivity contribution in [3.05, 3.63) is 48.5 Å². The van der Waals surface area contributed by atoms with Crippen LogP contribution in [0.15, 0.2) is 42.7 Å². The monoisotopic (exact) mass is 304 g/mol. The standard InChI is InChI=1S/C15H17FN4O2/c1-11(20-8-4-7-17-20)15(22)19(2)10-14(21)18-13-6-3-5-12(16)9-13/h3-9,11H,10H2,1-2H3,(H,18,21)/t11-/m1/s1. The van der Waals surface area contributed by atoms with Crippen molar-refractivity contribution in [2.45, 2.75) is 13.0 Å².